The molecule has 1 aromatic carbocycles. The number of fused-ring (bicyclic) bond motifs is 1. The SMILES string of the molecule is Oc1ccc(-n2nnc(O)c2-c2ncnc3nc[nH]c23)c(O)c1. The fraction of sp³-hybridized carbons (Fsp3) is 0. The zero-order chi connectivity index (χ0) is 16.0. The lowest BCUT2D eigenvalue weighted by molar-refractivity contribution is 0.447. The number of aromatic amines is 1. The molecule has 0 fully saturated rings. The number of benzene rings is 1. The minimum absolute atomic E-state index is 0.102. The van der Waals surface area contributed by atoms with Crippen LogP contribution in [0.4, 0.5) is 0 Å². The Hall–Kier alpha value is -3.69. The van der Waals surface area contributed by atoms with Crippen molar-refractivity contribution in [2.75, 3.05) is 0 Å². The molecule has 0 spiro atoms. The molecular weight excluding hydrogens is 302 g/mol. The van der Waals surface area contributed by atoms with E-state index < -0.39 is 0 Å². The number of aromatic nitrogens is 7. The molecule has 3 aromatic heterocycles. The number of H-pyrrole nitrogens is 1. The first-order valence-corrected chi connectivity index (χ1v) is 6.46. The molecular formula is C13H9N7O3. The van der Waals surface area contributed by atoms with Gasteiger partial charge in [0.25, 0.3) is 5.88 Å². The highest BCUT2D eigenvalue weighted by molar-refractivity contribution is 5.87. The summed E-state index contributed by atoms with van der Waals surface area (Å²) in [5, 5.41) is 36.9. The van der Waals surface area contributed by atoms with Crippen LogP contribution < -0.4 is 0 Å². The molecule has 3 heterocycles. The predicted molar refractivity (Wildman–Crippen MR) is 77.0 cm³/mol. The van der Waals surface area contributed by atoms with Gasteiger partial charge in [-0.15, -0.1) is 0 Å². The van der Waals surface area contributed by atoms with Crippen molar-refractivity contribution >= 4 is 11.2 Å². The van der Waals surface area contributed by atoms with Crippen LogP contribution >= 0.6 is 0 Å². The number of rotatable bonds is 2. The molecule has 0 amide bonds. The average molecular weight is 311 g/mol. The van der Waals surface area contributed by atoms with E-state index in [2.05, 4.69) is 30.2 Å². The van der Waals surface area contributed by atoms with Gasteiger partial charge in [-0.2, -0.15) is 0 Å². The zero-order valence-corrected chi connectivity index (χ0v) is 11.4. The lowest BCUT2D eigenvalue weighted by Crippen LogP contribution is -2.01. The maximum Gasteiger partial charge on any atom is 0.261 e. The smallest absolute Gasteiger partial charge is 0.261 e. The number of hydrogen-bond acceptors (Lipinski definition) is 8. The molecule has 4 rings (SSSR count). The Kier molecular flexibility index (Phi) is 2.64. The van der Waals surface area contributed by atoms with E-state index in [1.165, 1.54) is 29.5 Å². The van der Waals surface area contributed by atoms with Crippen molar-refractivity contribution in [3.05, 3.63) is 30.9 Å². The van der Waals surface area contributed by atoms with Crippen LogP contribution in [-0.2, 0) is 0 Å². The number of nitrogens with zero attached hydrogens (tertiary/aromatic N) is 6. The molecule has 23 heavy (non-hydrogen) atoms. The summed E-state index contributed by atoms with van der Waals surface area (Å²) in [4.78, 5) is 15.1. The largest absolute Gasteiger partial charge is 0.508 e. The van der Waals surface area contributed by atoms with Crippen molar-refractivity contribution in [1.82, 2.24) is 34.9 Å². The number of hydrogen-bond donors (Lipinski definition) is 4. The van der Waals surface area contributed by atoms with Gasteiger partial charge in [0.05, 0.1) is 6.33 Å². The van der Waals surface area contributed by atoms with Crippen molar-refractivity contribution in [2.24, 2.45) is 0 Å². The number of nitrogens with one attached hydrogen (secondary N) is 1. The van der Waals surface area contributed by atoms with Crippen LogP contribution in [-0.4, -0.2) is 50.2 Å². The Balaban J connectivity index is 2.00. The van der Waals surface area contributed by atoms with Gasteiger partial charge in [-0.05, 0) is 12.1 Å². The van der Waals surface area contributed by atoms with Crippen molar-refractivity contribution in [1.29, 1.82) is 0 Å². The van der Waals surface area contributed by atoms with Gasteiger partial charge in [-0.3, -0.25) is 0 Å². The van der Waals surface area contributed by atoms with E-state index >= 15 is 0 Å². The fourth-order valence-electron chi connectivity index (χ4n) is 2.28. The number of phenols is 2. The van der Waals surface area contributed by atoms with Gasteiger partial charge < -0.3 is 20.3 Å². The van der Waals surface area contributed by atoms with Gasteiger partial charge in [0.2, 0.25) is 0 Å². The van der Waals surface area contributed by atoms with Crippen molar-refractivity contribution in [3.8, 4) is 34.5 Å². The predicted octanol–water partition coefficient (Wildman–Crippen LogP) is 0.717. The number of imidazole rings is 1. The van der Waals surface area contributed by atoms with Gasteiger partial charge >= 0.3 is 0 Å². The molecule has 0 unspecified atom stereocenters. The second-order valence-corrected chi connectivity index (χ2v) is 4.67. The van der Waals surface area contributed by atoms with Crippen molar-refractivity contribution < 1.29 is 15.3 Å². The summed E-state index contributed by atoms with van der Waals surface area (Å²) in [5.74, 6) is -0.701. The Labute approximate surface area is 127 Å². The summed E-state index contributed by atoms with van der Waals surface area (Å²) in [6, 6.07) is 3.97. The van der Waals surface area contributed by atoms with Crippen LogP contribution in [0.3, 0.4) is 0 Å². The Bertz CT molecular complexity index is 1020. The van der Waals surface area contributed by atoms with Gasteiger partial charge in [0.1, 0.15) is 34.7 Å². The molecule has 10 heteroatoms. The third-order valence-corrected chi connectivity index (χ3v) is 3.29. The lowest BCUT2D eigenvalue weighted by atomic mass is 10.2. The first kappa shape index (κ1) is 13.0. The van der Waals surface area contributed by atoms with E-state index in [9.17, 15) is 15.3 Å². The summed E-state index contributed by atoms with van der Waals surface area (Å²) >= 11 is 0. The van der Waals surface area contributed by atoms with E-state index in [1.54, 1.807) is 0 Å². The average Bonchev–Trinajstić information content (AvgIpc) is 3.14. The topological polar surface area (TPSA) is 146 Å². The number of aromatic hydroxyl groups is 3. The third kappa shape index (κ3) is 1.92. The summed E-state index contributed by atoms with van der Waals surface area (Å²) in [7, 11) is 0. The maximum absolute atomic E-state index is 10.1. The van der Waals surface area contributed by atoms with Crippen molar-refractivity contribution in [2.45, 2.75) is 0 Å². The van der Waals surface area contributed by atoms with Gasteiger partial charge in [0, 0.05) is 6.07 Å². The minimum atomic E-state index is -0.368. The highest BCUT2D eigenvalue weighted by Crippen LogP contribution is 2.34. The van der Waals surface area contributed by atoms with Crippen LogP contribution in [0.15, 0.2) is 30.9 Å². The second-order valence-electron chi connectivity index (χ2n) is 4.67. The quantitative estimate of drug-likeness (QED) is 0.423. The van der Waals surface area contributed by atoms with E-state index in [4.69, 9.17) is 0 Å². The monoisotopic (exact) mass is 311 g/mol. The molecule has 0 aliphatic heterocycles. The Morgan fingerprint density at radius 3 is 2.74 bits per heavy atom. The van der Waals surface area contributed by atoms with Crippen LogP contribution in [0, 0.1) is 0 Å². The Morgan fingerprint density at radius 1 is 1.04 bits per heavy atom. The molecule has 0 radical (unpaired) electrons. The summed E-state index contributed by atoms with van der Waals surface area (Å²) in [6.07, 6.45) is 2.75. The first-order valence-electron chi connectivity index (χ1n) is 6.46. The van der Waals surface area contributed by atoms with Crippen molar-refractivity contribution in [3.63, 3.8) is 0 Å². The van der Waals surface area contributed by atoms with E-state index in [0.29, 0.717) is 16.9 Å². The van der Waals surface area contributed by atoms with Crippen LogP contribution in [0.25, 0.3) is 28.2 Å². The van der Waals surface area contributed by atoms with Crippen LogP contribution in [0.5, 0.6) is 17.4 Å². The molecule has 0 atom stereocenters. The highest BCUT2D eigenvalue weighted by Gasteiger charge is 2.22. The second kappa shape index (κ2) is 4.66. The molecule has 10 nitrogen and oxygen atoms in total. The Morgan fingerprint density at radius 2 is 1.91 bits per heavy atom. The molecule has 0 aliphatic rings. The standard InChI is InChI=1S/C13H9N7O3/c21-6-1-2-7(8(22)3-6)20-11(13(23)18-19-20)9-10-12(16-4-14-9)17-5-15-10/h1-5,21-23H,(H,14,15,16,17). The highest BCUT2D eigenvalue weighted by atomic mass is 16.3. The van der Waals surface area contributed by atoms with Gasteiger partial charge in [0.15, 0.2) is 11.3 Å². The zero-order valence-electron chi connectivity index (χ0n) is 11.4. The van der Waals surface area contributed by atoms with Gasteiger partial charge in [-0.25, -0.2) is 19.6 Å². The van der Waals surface area contributed by atoms with Crippen LogP contribution in [0.1, 0.15) is 0 Å². The normalized spacial score (nSPS) is 11.1. The molecule has 114 valence electrons. The maximum atomic E-state index is 10.1. The molecule has 0 bridgehead atoms. The fourth-order valence-corrected chi connectivity index (χ4v) is 2.28. The van der Waals surface area contributed by atoms with E-state index in [0.717, 1.165) is 6.07 Å². The molecule has 4 N–H and O–H groups in total. The van der Waals surface area contributed by atoms with Gasteiger partial charge in [-0.1, -0.05) is 10.3 Å². The van der Waals surface area contributed by atoms with E-state index in [1.807, 2.05) is 0 Å². The summed E-state index contributed by atoms with van der Waals surface area (Å²) < 4.78 is 1.21. The van der Waals surface area contributed by atoms with Crippen LogP contribution in [0.2, 0.25) is 0 Å². The molecule has 0 saturated carbocycles. The molecule has 0 aliphatic carbocycles. The van der Waals surface area contributed by atoms with E-state index in [-0.39, 0.29) is 28.8 Å². The summed E-state index contributed by atoms with van der Waals surface area (Å²) in [5.41, 5.74) is 1.60. The molecule has 4 aromatic rings. The first-order chi connectivity index (χ1) is 11.1. The number of phenolic OH excluding ortho intramolecular Hbond substituents is 2. The molecule has 0 saturated heterocycles. The lowest BCUT2D eigenvalue weighted by Gasteiger charge is -2.08. The minimum Gasteiger partial charge on any atom is -0.508 e. The summed E-state index contributed by atoms with van der Waals surface area (Å²) in [6.45, 7) is 0. The third-order valence-electron chi connectivity index (χ3n) is 3.29.